The maximum absolute atomic E-state index is 4.60. The first-order valence-electron chi connectivity index (χ1n) is 18.5. The average Bonchev–Trinajstić information content (AvgIpc) is 3.87. The largest absolute Gasteiger partial charge is 0.309 e. The molecule has 11 aromatic rings. The van der Waals surface area contributed by atoms with Gasteiger partial charge in [0.2, 0.25) is 0 Å². The van der Waals surface area contributed by atoms with Crippen LogP contribution in [-0.2, 0) is 0 Å². The normalized spacial score (nSPS) is 12.1. The minimum absolute atomic E-state index is 1.13. The molecule has 0 amide bonds. The lowest BCUT2D eigenvalue weighted by Crippen LogP contribution is -1.95. The molecular weight excluding hydrogens is 655 g/mol. The topological polar surface area (TPSA) is 22.8 Å². The third-order valence-electron chi connectivity index (χ3n) is 11.6. The molecule has 3 heterocycles. The van der Waals surface area contributed by atoms with E-state index in [1.54, 1.807) is 0 Å². The van der Waals surface area contributed by atoms with Gasteiger partial charge in [0.1, 0.15) is 0 Å². The van der Waals surface area contributed by atoms with E-state index in [1.807, 2.05) is 12.4 Å². The Morgan fingerprint density at radius 1 is 0.315 bits per heavy atom. The second-order valence-electron chi connectivity index (χ2n) is 14.4. The van der Waals surface area contributed by atoms with Crippen LogP contribution in [0.15, 0.2) is 188 Å². The van der Waals surface area contributed by atoms with Crippen molar-refractivity contribution in [2.75, 3.05) is 0 Å². The molecule has 0 bridgehead atoms. The fraction of sp³-hybridized carbons (Fsp3) is 0. The number of pyridine rings is 1. The van der Waals surface area contributed by atoms with Gasteiger partial charge in [0.25, 0.3) is 0 Å². The number of aromatic nitrogens is 3. The smallest absolute Gasteiger partial charge is 0.0571 e. The van der Waals surface area contributed by atoms with Crippen LogP contribution in [0.5, 0.6) is 0 Å². The van der Waals surface area contributed by atoms with Crippen molar-refractivity contribution in [3.05, 3.63) is 188 Å². The van der Waals surface area contributed by atoms with E-state index in [0.717, 1.165) is 22.1 Å². The predicted molar refractivity (Wildman–Crippen MR) is 226 cm³/mol. The first kappa shape index (κ1) is 29.4. The highest BCUT2D eigenvalue weighted by Crippen LogP contribution is 2.49. The van der Waals surface area contributed by atoms with E-state index >= 15 is 0 Å². The summed E-state index contributed by atoms with van der Waals surface area (Å²) < 4.78 is 4.76. The lowest BCUT2D eigenvalue weighted by molar-refractivity contribution is 1.17. The highest BCUT2D eigenvalue weighted by molar-refractivity contribution is 6.19. The van der Waals surface area contributed by atoms with Gasteiger partial charge in [-0.3, -0.25) is 4.98 Å². The fourth-order valence-electron chi connectivity index (χ4n) is 9.20. The molecule has 0 fully saturated rings. The van der Waals surface area contributed by atoms with Crippen LogP contribution in [0, 0.1) is 0 Å². The third-order valence-corrected chi connectivity index (χ3v) is 11.6. The first-order valence-corrected chi connectivity index (χ1v) is 18.5. The Morgan fingerprint density at radius 2 is 0.889 bits per heavy atom. The predicted octanol–water partition coefficient (Wildman–Crippen LogP) is 13.4. The molecule has 12 rings (SSSR count). The second kappa shape index (κ2) is 11.1. The van der Waals surface area contributed by atoms with Crippen molar-refractivity contribution in [3.63, 3.8) is 0 Å². The van der Waals surface area contributed by atoms with Crippen LogP contribution in [-0.4, -0.2) is 14.1 Å². The molecule has 3 aromatic heterocycles. The molecular formula is C51H31N3. The number of nitrogens with zero attached hydrogens (tertiary/aromatic N) is 3. The molecule has 0 spiro atoms. The van der Waals surface area contributed by atoms with Gasteiger partial charge >= 0.3 is 0 Å². The minimum atomic E-state index is 1.13. The van der Waals surface area contributed by atoms with Gasteiger partial charge in [0.15, 0.2) is 0 Å². The zero-order chi connectivity index (χ0) is 35.3. The van der Waals surface area contributed by atoms with Gasteiger partial charge in [-0.25, -0.2) is 0 Å². The maximum atomic E-state index is 4.60. The van der Waals surface area contributed by atoms with E-state index in [1.165, 1.54) is 88.2 Å². The van der Waals surface area contributed by atoms with Crippen molar-refractivity contribution < 1.29 is 0 Å². The second-order valence-corrected chi connectivity index (χ2v) is 14.4. The molecule has 0 aliphatic heterocycles. The van der Waals surface area contributed by atoms with E-state index in [4.69, 9.17) is 0 Å². The van der Waals surface area contributed by atoms with Crippen LogP contribution in [0.4, 0.5) is 0 Å². The van der Waals surface area contributed by atoms with Crippen LogP contribution in [0.25, 0.3) is 110 Å². The molecule has 8 aromatic carbocycles. The summed E-state index contributed by atoms with van der Waals surface area (Å²) in [6.07, 6.45) is 3.92. The monoisotopic (exact) mass is 685 g/mol. The molecule has 3 nitrogen and oxygen atoms in total. The quantitative estimate of drug-likeness (QED) is 0.181. The van der Waals surface area contributed by atoms with Crippen LogP contribution in [0.1, 0.15) is 0 Å². The lowest BCUT2D eigenvalue weighted by Gasteiger charge is -2.13. The Bertz CT molecular complexity index is 3300. The van der Waals surface area contributed by atoms with E-state index in [2.05, 4.69) is 190 Å². The summed E-state index contributed by atoms with van der Waals surface area (Å²) in [5.41, 5.74) is 17.1. The van der Waals surface area contributed by atoms with Crippen molar-refractivity contribution >= 4 is 54.4 Å². The summed E-state index contributed by atoms with van der Waals surface area (Å²) in [6.45, 7) is 0. The molecule has 0 saturated heterocycles. The van der Waals surface area contributed by atoms with Crippen LogP contribution in [0.3, 0.4) is 0 Å². The molecule has 0 N–H and O–H groups in total. The standard InChI is InChI=1S/C51H31N3/c1-2-11-35(12-3-1)53-47-19-7-6-16-40(47)44-29-32(20-24-48(44)53)33-21-25-49-45(30-33)46-31-52-27-26-50(46)54(49)36-13-8-10-34(28-36)37-22-23-43-39-15-5-4-14-38(39)42-18-9-17-41(37)51(42)43/h1-31H. The lowest BCUT2D eigenvalue weighted by atomic mass is 9.94. The number of hydrogen-bond acceptors (Lipinski definition) is 1. The van der Waals surface area contributed by atoms with E-state index in [0.29, 0.717) is 0 Å². The van der Waals surface area contributed by atoms with Gasteiger partial charge in [0.05, 0.1) is 22.1 Å². The molecule has 0 unspecified atom stereocenters. The Hall–Kier alpha value is -7.23. The number of rotatable bonds is 4. The number of fused-ring (bicyclic) bond motifs is 9. The minimum Gasteiger partial charge on any atom is -0.309 e. The van der Waals surface area contributed by atoms with Crippen LogP contribution < -0.4 is 0 Å². The summed E-state index contributed by atoms with van der Waals surface area (Å²) in [5.74, 6) is 0. The average molecular weight is 686 g/mol. The van der Waals surface area contributed by atoms with Crippen molar-refractivity contribution in [2.24, 2.45) is 0 Å². The molecule has 54 heavy (non-hydrogen) atoms. The number of para-hydroxylation sites is 2. The Labute approximate surface area is 311 Å². The van der Waals surface area contributed by atoms with E-state index in [9.17, 15) is 0 Å². The first-order chi connectivity index (χ1) is 26.8. The summed E-state index contributed by atoms with van der Waals surface area (Å²) in [4.78, 5) is 4.60. The molecule has 1 aliphatic rings. The van der Waals surface area contributed by atoms with Crippen molar-refractivity contribution in [1.82, 2.24) is 14.1 Å². The zero-order valence-corrected chi connectivity index (χ0v) is 29.2. The van der Waals surface area contributed by atoms with Gasteiger partial charge in [-0.2, -0.15) is 0 Å². The SMILES string of the molecule is c1ccc(-n2c3ccccc3c3cc(-c4ccc5c(c4)c4cnccc4n5-c4cccc(-c5ccc6c7c(cccc57)-c5ccccc5-6)c4)ccc32)cc1. The highest BCUT2D eigenvalue weighted by atomic mass is 15.0. The van der Waals surface area contributed by atoms with Crippen molar-refractivity contribution in [2.45, 2.75) is 0 Å². The maximum Gasteiger partial charge on any atom is 0.0571 e. The molecule has 0 radical (unpaired) electrons. The molecule has 250 valence electrons. The number of hydrogen-bond donors (Lipinski definition) is 0. The Morgan fingerprint density at radius 3 is 1.70 bits per heavy atom. The van der Waals surface area contributed by atoms with Gasteiger partial charge in [-0.05, 0) is 116 Å². The molecule has 1 aliphatic carbocycles. The van der Waals surface area contributed by atoms with Gasteiger partial charge in [-0.15, -0.1) is 0 Å². The van der Waals surface area contributed by atoms with E-state index < -0.39 is 0 Å². The fourth-order valence-corrected chi connectivity index (χ4v) is 9.20. The molecule has 3 heteroatoms. The van der Waals surface area contributed by atoms with Gasteiger partial charge < -0.3 is 9.13 Å². The Balaban J connectivity index is 1.01. The molecule has 0 atom stereocenters. The van der Waals surface area contributed by atoms with E-state index in [-0.39, 0.29) is 0 Å². The highest BCUT2D eigenvalue weighted by Gasteiger charge is 2.23. The third kappa shape index (κ3) is 4.09. The van der Waals surface area contributed by atoms with Crippen LogP contribution in [0.2, 0.25) is 0 Å². The Kier molecular flexibility index (Phi) is 6.05. The van der Waals surface area contributed by atoms with Crippen molar-refractivity contribution in [1.29, 1.82) is 0 Å². The summed E-state index contributed by atoms with van der Waals surface area (Å²) in [5, 5.41) is 7.48. The summed E-state index contributed by atoms with van der Waals surface area (Å²) in [7, 11) is 0. The zero-order valence-electron chi connectivity index (χ0n) is 29.2. The van der Waals surface area contributed by atoms with Gasteiger partial charge in [-0.1, -0.05) is 115 Å². The van der Waals surface area contributed by atoms with Crippen molar-refractivity contribution in [3.8, 4) is 55.9 Å². The number of benzene rings is 8. The summed E-state index contributed by atoms with van der Waals surface area (Å²) in [6, 6.07) is 64.4. The molecule has 0 saturated carbocycles. The summed E-state index contributed by atoms with van der Waals surface area (Å²) >= 11 is 0. The van der Waals surface area contributed by atoms with Gasteiger partial charge in [0, 0.05) is 45.3 Å². The van der Waals surface area contributed by atoms with Crippen LogP contribution >= 0.6 is 0 Å².